The number of sulfonamides is 1. The van der Waals surface area contributed by atoms with Crippen molar-refractivity contribution in [3.05, 3.63) is 47.8 Å². The first-order chi connectivity index (χ1) is 11.4. The molecular formula is C18H27N3O2S. The highest BCUT2D eigenvalue weighted by Gasteiger charge is 2.22. The largest absolute Gasteiger partial charge is 0.272 e. The Morgan fingerprint density at radius 2 is 1.71 bits per heavy atom. The summed E-state index contributed by atoms with van der Waals surface area (Å²) >= 11 is 0. The summed E-state index contributed by atoms with van der Waals surface area (Å²) in [7, 11) is -3.57. The van der Waals surface area contributed by atoms with Crippen LogP contribution in [0.25, 0.3) is 0 Å². The molecule has 0 aliphatic rings. The number of nitrogens with one attached hydrogen (secondary N) is 1. The highest BCUT2D eigenvalue weighted by molar-refractivity contribution is 7.89. The van der Waals surface area contributed by atoms with Gasteiger partial charge in [0, 0.05) is 18.8 Å². The van der Waals surface area contributed by atoms with Crippen molar-refractivity contribution in [2.75, 3.05) is 0 Å². The molecule has 2 aromatic rings. The Balaban J connectivity index is 2.19. The minimum Gasteiger partial charge on any atom is -0.272 e. The number of benzene rings is 1. The van der Waals surface area contributed by atoms with E-state index in [0.29, 0.717) is 18.9 Å². The number of nitrogens with zero attached hydrogens (tertiary/aromatic N) is 2. The zero-order valence-corrected chi connectivity index (χ0v) is 15.7. The highest BCUT2D eigenvalue weighted by Crippen LogP contribution is 2.24. The predicted molar refractivity (Wildman–Crippen MR) is 96.4 cm³/mol. The SMILES string of the molecule is CC[C@H](NS(=O)(=O)c1cnn(CC)c1)c1ccc([C@@H](C)CC)cc1. The van der Waals surface area contributed by atoms with E-state index < -0.39 is 10.0 Å². The van der Waals surface area contributed by atoms with Gasteiger partial charge in [0.25, 0.3) is 0 Å². The van der Waals surface area contributed by atoms with Crippen molar-refractivity contribution in [1.82, 2.24) is 14.5 Å². The van der Waals surface area contributed by atoms with Crippen molar-refractivity contribution in [2.24, 2.45) is 0 Å². The smallest absolute Gasteiger partial charge is 0.244 e. The van der Waals surface area contributed by atoms with Crippen LogP contribution < -0.4 is 4.72 Å². The normalized spacial score (nSPS) is 14.5. The van der Waals surface area contributed by atoms with Gasteiger partial charge in [-0.25, -0.2) is 13.1 Å². The van der Waals surface area contributed by atoms with Crippen LogP contribution in [-0.4, -0.2) is 18.2 Å². The minimum absolute atomic E-state index is 0.207. The van der Waals surface area contributed by atoms with Crippen LogP contribution in [0.2, 0.25) is 0 Å². The van der Waals surface area contributed by atoms with Gasteiger partial charge < -0.3 is 0 Å². The molecule has 0 saturated carbocycles. The van der Waals surface area contributed by atoms with Crippen LogP contribution >= 0.6 is 0 Å². The third-order valence-corrected chi connectivity index (χ3v) is 5.90. The van der Waals surface area contributed by atoms with Crippen LogP contribution in [0.15, 0.2) is 41.6 Å². The fourth-order valence-electron chi connectivity index (χ4n) is 2.59. The summed E-state index contributed by atoms with van der Waals surface area (Å²) in [6, 6.07) is 7.98. The lowest BCUT2D eigenvalue weighted by Crippen LogP contribution is -2.28. The van der Waals surface area contributed by atoms with Crippen LogP contribution in [0.3, 0.4) is 0 Å². The molecule has 0 bridgehead atoms. The van der Waals surface area contributed by atoms with Crippen molar-refractivity contribution >= 4 is 10.0 Å². The second kappa shape index (κ2) is 7.94. The molecule has 1 aromatic carbocycles. The summed E-state index contributed by atoms with van der Waals surface area (Å²) in [5.74, 6) is 0.510. The lowest BCUT2D eigenvalue weighted by Gasteiger charge is -2.18. The lowest BCUT2D eigenvalue weighted by atomic mass is 9.96. The maximum atomic E-state index is 12.6. The number of rotatable bonds is 8. The first-order valence-corrected chi connectivity index (χ1v) is 10.0. The molecule has 0 radical (unpaired) electrons. The third-order valence-electron chi connectivity index (χ3n) is 4.47. The van der Waals surface area contributed by atoms with Gasteiger partial charge in [0.2, 0.25) is 10.0 Å². The molecule has 0 aliphatic heterocycles. The third kappa shape index (κ3) is 4.24. The van der Waals surface area contributed by atoms with Gasteiger partial charge in [-0.1, -0.05) is 45.0 Å². The first-order valence-electron chi connectivity index (χ1n) is 8.55. The van der Waals surface area contributed by atoms with Gasteiger partial charge >= 0.3 is 0 Å². The Bertz CT molecular complexity index is 751. The molecule has 1 aromatic heterocycles. The second-order valence-electron chi connectivity index (χ2n) is 6.09. The molecule has 1 N–H and O–H groups in total. The number of aromatic nitrogens is 2. The average Bonchev–Trinajstić information content (AvgIpc) is 3.09. The van der Waals surface area contributed by atoms with Crippen LogP contribution in [-0.2, 0) is 16.6 Å². The average molecular weight is 350 g/mol. The van der Waals surface area contributed by atoms with Crippen LogP contribution in [0.4, 0.5) is 0 Å². The molecule has 132 valence electrons. The number of aryl methyl sites for hydroxylation is 1. The lowest BCUT2D eigenvalue weighted by molar-refractivity contribution is 0.549. The molecule has 0 spiro atoms. The van der Waals surface area contributed by atoms with Gasteiger partial charge in [0.05, 0.1) is 6.20 Å². The van der Waals surface area contributed by atoms with E-state index in [2.05, 4.69) is 35.8 Å². The van der Waals surface area contributed by atoms with E-state index in [1.165, 1.54) is 11.8 Å². The molecule has 6 heteroatoms. The second-order valence-corrected chi connectivity index (χ2v) is 7.80. The fraction of sp³-hybridized carbons (Fsp3) is 0.500. The van der Waals surface area contributed by atoms with E-state index in [9.17, 15) is 8.42 Å². The number of hydrogen-bond donors (Lipinski definition) is 1. The van der Waals surface area contributed by atoms with Gasteiger partial charge in [-0.15, -0.1) is 0 Å². The predicted octanol–water partition coefficient (Wildman–Crippen LogP) is 3.85. The Kier molecular flexibility index (Phi) is 6.18. The maximum absolute atomic E-state index is 12.6. The van der Waals surface area contributed by atoms with Crippen molar-refractivity contribution in [1.29, 1.82) is 0 Å². The van der Waals surface area contributed by atoms with Gasteiger partial charge in [-0.2, -0.15) is 5.10 Å². The van der Waals surface area contributed by atoms with Crippen molar-refractivity contribution in [3.8, 4) is 0 Å². The molecule has 1 heterocycles. The van der Waals surface area contributed by atoms with Gasteiger partial charge in [0.1, 0.15) is 4.90 Å². The van der Waals surface area contributed by atoms with Gasteiger partial charge in [-0.05, 0) is 36.8 Å². The molecule has 0 saturated heterocycles. The van der Waals surface area contributed by atoms with Crippen LogP contribution in [0.1, 0.15) is 63.6 Å². The Morgan fingerprint density at radius 1 is 1.08 bits per heavy atom. The van der Waals surface area contributed by atoms with E-state index in [4.69, 9.17) is 0 Å². The van der Waals surface area contributed by atoms with E-state index >= 15 is 0 Å². The van der Waals surface area contributed by atoms with Crippen molar-refractivity contribution < 1.29 is 8.42 Å². The summed E-state index contributed by atoms with van der Waals surface area (Å²) in [6.07, 6.45) is 4.72. The first kappa shape index (κ1) is 18.7. The molecule has 0 amide bonds. The monoisotopic (exact) mass is 349 g/mol. The summed E-state index contributed by atoms with van der Waals surface area (Å²) in [5, 5.41) is 4.04. The van der Waals surface area contributed by atoms with E-state index in [-0.39, 0.29) is 10.9 Å². The number of hydrogen-bond acceptors (Lipinski definition) is 3. The van der Waals surface area contributed by atoms with Crippen LogP contribution in [0.5, 0.6) is 0 Å². The standard InChI is InChI=1S/C18H27N3O2S/c1-5-14(4)15-8-10-16(11-9-15)18(6-2)20-24(22,23)17-12-19-21(7-3)13-17/h8-14,18,20H,5-7H2,1-4H3/t14-,18-/m0/s1. The van der Waals surface area contributed by atoms with Crippen molar-refractivity contribution in [2.45, 2.75) is 63.9 Å². The van der Waals surface area contributed by atoms with Crippen LogP contribution in [0, 0.1) is 0 Å². The van der Waals surface area contributed by atoms with E-state index in [1.807, 2.05) is 26.0 Å². The summed E-state index contributed by atoms with van der Waals surface area (Å²) in [4.78, 5) is 0.207. The molecule has 0 unspecified atom stereocenters. The molecule has 0 fully saturated rings. The fourth-order valence-corrected chi connectivity index (χ4v) is 3.85. The molecule has 24 heavy (non-hydrogen) atoms. The topological polar surface area (TPSA) is 64.0 Å². The van der Waals surface area contributed by atoms with Gasteiger partial charge in [0.15, 0.2) is 0 Å². The molecule has 2 rings (SSSR count). The highest BCUT2D eigenvalue weighted by atomic mass is 32.2. The molecule has 2 atom stereocenters. The quantitative estimate of drug-likeness (QED) is 0.787. The van der Waals surface area contributed by atoms with Gasteiger partial charge in [-0.3, -0.25) is 4.68 Å². The van der Waals surface area contributed by atoms with E-state index in [0.717, 1.165) is 12.0 Å². The van der Waals surface area contributed by atoms with Crippen molar-refractivity contribution in [3.63, 3.8) is 0 Å². The van der Waals surface area contributed by atoms with E-state index in [1.54, 1.807) is 10.9 Å². The Morgan fingerprint density at radius 3 is 2.21 bits per heavy atom. The molecule has 0 aliphatic carbocycles. The zero-order chi connectivity index (χ0) is 17.7. The molecule has 5 nitrogen and oxygen atoms in total. The Labute approximate surface area is 145 Å². The minimum atomic E-state index is -3.57. The summed E-state index contributed by atoms with van der Waals surface area (Å²) < 4.78 is 29.5. The Hall–Kier alpha value is -1.66. The summed E-state index contributed by atoms with van der Waals surface area (Å²) in [5.41, 5.74) is 2.26. The summed E-state index contributed by atoms with van der Waals surface area (Å²) in [6.45, 7) is 8.90. The molecular weight excluding hydrogens is 322 g/mol. The zero-order valence-electron chi connectivity index (χ0n) is 14.9. The maximum Gasteiger partial charge on any atom is 0.244 e.